The van der Waals surface area contributed by atoms with Gasteiger partial charge in [0.05, 0.1) is 25.7 Å². The fraction of sp³-hybridized carbons (Fsp3) is 0.778. The Hall–Kier alpha value is -2.68. The average molecular weight is 588 g/mol. The quantitative estimate of drug-likeness (QED) is 0.0655. The Labute approximate surface area is 224 Å². The first-order valence-electron chi connectivity index (χ1n) is 11.3. The smallest absolute Gasteiger partial charge is 0.309 e. The van der Waals surface area contributed by atoms with Crippen molar-refractivity contribution >= 4 is 23.9 Å². The van der Waals surface area contributed by atoms with Crippen molar-refractivity contribution in [3.8, 4) is 0 Å². The minimum atomic E-state index is -2.04. The fourth-order valence-corrected chi connectivity index (χ4v) is 2.99. The minimum absolute atomic E-state index is 0.551. The maximum Gasteiger partial charge on any atom is 0.309 e. The van der Waals surface area contributed by atoms with Crippen molar-refractivity contribution in [2.75, 3.05) is 32.8 Å². The molecule has 1 aliphatic rings. The molecule has 1 aliphatic heterocycles. The molecule has 0 aromatic carbocycles. The SMILES string of the molecule is O=C(CCN([O-])O)OCC1OC(OC(=O)CCN([O-])O)C(OC(=O)CCN([O-])O)C(OC(=O)CCN([O-])O)C1O. The van der Waals surface area contributed by atoms with Crippen molar-refractivity contribution < 1.29 is 68.8 Å². The lowest BCUT2D eigenvalue weighted by Crippen LogP contribution is -2.62. The normalized spacial score (nSPS) is 23.0. The van der Waals surface area contributed by atoms with Crippen LogP contribution in [-0.4, -0.2) is 134 Å². The highest BCUT2D eigenvalue weighted by Gasteiger charge is 2.51. The molecule has 1 saturated heterocycles. The van der Waals surface area contributed by atoms with Crippen molar-refractivity contribution in [1.29, 1.82) is 0 Å². The number of hydroxylamine groups is 8. The van der Waals surface area contributed by atoms with Crippen molar-refractivity contribution in [3.63, 3.8) is 0 Å². The zero-order valence-corrected chi connectivity index (χ0v) is 20.6. The molecule has 0 aliphatic carbocycles. The van der Waals surface area contributed by atoms with E-state index in [-0.39, 0.29) is 0 Å². The average Bonchev–Trinajstić information content (AvgIpc) is 2.86. The Morgan fingerprint density at radius 3 is 1.43 bits per heavy atom. The van der Waals surface area contributed by atoms with Crippen LogP contribution in [0.5, 0.6) is 0 Å². The third-order valence-corrected chi connectivity index (χ3v) is 4.84. The molecule has 1 rings (SSSR count). The van der Waals surface area contributed by atoms with Crippen LogP contribution in [0.15, 0.2) is 0 Å². The summed E-state index contributed by atoms with van der Waals surface area (Å²) in [6.45, 7) is -3.86. The van der Waals surface area contributed by atoms with Crippen molar-refractivity contribution in [2.45, 2.75) is 56.4 Å². The second-order valence-electron chi connectivity index (χ2n) is 7.92. The van der Waals surface area contributed by atoms with Gasteiger partial charge in [-0.3, -0.25) is 40.1 Å². The Bertz CT molecular complexity index is 814. The van der Waals surface area contributed by atoms with Gasteiger partial charge in [0.25, 0.3) is 0 Å². The number of esters is 4. The summed E-state index contributed by atoms with van der Waals surface area (Å²) in [4.78, 5) is 48.5. The molecular formula is C18H28N4O18-4. The van der Waals surface area contributed by atoms with Gasteiger partial charge in [-0.2, -0.15) is 0 Å². The van der Waals surface area contributed by atoms with Crippen LogP contribution in [0, 0.1) is 20.8 Å². The van der Waals surface area contributed by atoms with E-state index < -0.39 is 134 Å². The molecule has 5 N–H and O–H groups in total. The first-order chi connectivity index (χ1) is 18.7. The predicted octanol–water partition coefficient (Wildman–Crippen LogP) is -2.70. The lowest BCUT2D eigenvalue weighted by Gasteiger charge is -2.42. The van der Waals surface area contributed by atoms with Gasteiger partial charge in [0, 0.05) is 26.2 Å². The van der Waals surface area contributed by atoms with Crippen LogP contribution >= 0.6 is 0 Å². The summed E-state index contributed by atoms with van der Waals surface area (Å²) < 4.78 is 25.3. The number of rotatable bonds is 17. The predicted molar refractivity (Wildman–Crippen MR) is 117 cm³/mol. The standard InChI is InChI=1S/C18H28N4O18/c23-11(1-5-19(28)29)36-9-10-15(27)16(38-12(24)2-6-20(30)31)17(39-13(25)3-7-21(32)33)18(37-10)40-14(26)4-8-22(34)35/h10,15-18,27-28,30,32,34H,1-9H2/q-4. The van der Waals surface area contributed by atoms with Crippen molar-refractivity contribution in [1.82, 2.24) is 20.9 Å². The Morgan fingerprint density at radius 2 is 1.00 bits per heavy atom. The molecule has 22 heteroatoms. The van der Waals surface area contributed by atoms with Crippen LogP contribution in [0.1, 0.15) is 25.7 Å². The molecule has 0 aromatic heterocycles. The van der Waals surface area contributed by atoms with Gasteiger partial charge >= 0.3 is 23.9 Å². The highest BCUT2D eigenvalue weighted by molar-refractivity contribution is 5.72. The lowest BCUT2D eigenvalue weighted by atomic mass is 9.98. The van der Waals surface area contributed by atoms with E-state index in [0.717, 1.165) is 0 Å². The van der Waals surface area contributed by atoms with E-state index in [1.54, 1.807) is 0 Å². The molecule has 1 heterocycles. The molecule has 232 valence electrons. The maximum atomic E-state index is 12.2. The molecule has 0 amide bonds. The molecule has 1 fully saturated rings. The van der Waals surface area contributed by atoms with Crippen LogP contribution in [0.4, 0.5) is 0 Å². The van der Waals surface area contributed by atoms with Crippen LogP contribution < -0.4 is 0 Å². The largest absolute Gasteiger partial charge is 0.762 e. The van der Waals surface area contributed by atoms with Gasteiger partial charge < -0.3 is 70.4 Å². The van der Waals surface area contributed by atoms with Gasteiger partial charge in [-0.15, -0.1) is 0 Å². The number of ether oxygens (including phenoxy) is 5. The summed E-state index contributed by atoms with van der Waals surface area (Å²) in [7, 11) is 0. The van der Waals surface area contributed by atoms with E-state index in [4.69, 9.17) is 44.5 Å². The molecule has 22 nitrogen and oxygen atoms in total. The monoisotopic (exact) mass is 588 g/mol. The van der Waals surface area contributed by atoms with Gasteiger partial charge in [0.15, 0.2) is 6.10 Å². The van der Waals surface area contributed by atoms with Gasteiger partial charge in [-0.25, -0.2) is 0 Å². The van der Waals surface area contributed by atoms with Crippen molar-refractivity contribution in [3.05, 3.63) is 20.8 Å². The molecule has 0 radical (unpaired) electrons. The van der Waals surface area contributed by atoms with Crippen LogP contribution in [-0.2, 0) is 42.9 Å². The number of hydrogen-bond acceptors (Lipinski definition) is 22. The van der Waals surface area contributed by atoms with Gasteiger partial charge in [-0.05, 0) is 0 Å². The molecule has 0 spiro atoms. The first-order valence-corrected chi connectivity index (χ1v) is 11.3. The lowest BCUT2D eigenvalue weighted by molar-refractivity contribution is -0.299. The number of aliphatic hydroxyl groups excluding tert-OH is 1. The van der Waals surface area contributed by atoms with Gasteiger partial charge in [0.1, 0.15) is 18.8 Å². The summed E-state index contributed by atoms with van der Waals surface area (Å²) in [5, 5.41) is 85.7. The molecule has 5 atom stereocenters. The van der Waals surface area contributed by atoms with E-state index in [1.165, 1.54) is 0 Å². The zero-order valence-electron chi connectivity index (χ0n) is 20.6. The molecule has 40 heavy (non-hydrogen) atoms. The van der Waals surface area contributed by atoms with Gasteiger partial charge in [0.2, 0.25) is 12.4 Å². The highest BCUT2D eigenvalue weighted by Crippen LogP contribution is 2.28. The van der Waals surface area contributed by atoms with Crippen LogP contribution in [0.25, 0.3) is 0 Å². The Kier molecular flexibility index (Phi) is 15.8. The summed E-state index contributed by atoms with van der Waals surface area (Å²) in [5.74, 6) is -4.80. The van der Waals surface area contributed by atoms with E-state index >= 15 is 0 Å². The third-order valence-electron chi connectivity index (χ3n) is 4.84. The summed E-state index contributed by atoms with van der Waals surface area (Å²) in [6.07, 6.45) is -12.5. The molecule has 5 unspecified atom stereocenters. The summed E-state index contributed by atoms with van der Waals surface area (Å²) in [6, 6.07) is 0. The van der Waals surface area contributed by atoms with E-state index in [9.17, 15) is 45.1 Å². The first kappa shape index (κ1) is 35.3. The number of carbonyl (C=O) groups is 4. The van der Waals surface area contributed by atoms with Crippen LogP contribution in [0.3, 0.4) is 0 Å². The number of hydrogen-bond donors (Lipinski definition) is 5. The molecule has 0 bridgehead atoms. The summed E-state index contributed by atoms with van der Waals surface area (Å²) >= 11 is 0. The fourth-order valence-electron chi connectivity index (χ4n) is 2.99. The highest BCUT2D eigenvalue weighted by atomic mass is 16.8. The third kappa shape index (κ3) is 14.1. The molecule has 0 aromatic rings. The second-order valence-corrected chi connectivity index (χ2v) is 7.92. The molecule has 0 saturated carbocycles. The Morgan fingerprint density at radius 1 is 0.625 bits per heavy atom. The molecular weight excluding hydrogens is 560 g/mol. The number of aliphatic hydroxyl groups is 1. The van der Waals surface area contributed by atoms with E-state index in [1.807, 2.05) is 0 Å². The maximum absolute atomic E-state index is 12.2. The minimum Gasteiger partial charge on any atom is -0.762 e. The van der Waals surface area contributed by atoms with Crippen LogP contribution in [0.2, 0.25) is 0 Å². The number of carbonyl (C=O) groups excluding carboxylic acids is 4. The zero-order chi connectivity index (χ0) is 30.4. The number of nitrogens with zero attached hydrogens (tertiary/aromatic N) is 4. The second kappa shape index (κ2) is 17.9. The van der Waals surface area contributed by atoms with E-state index in [0.29, 0.717) is 0 Å². The van der Waals surface area contributed by atoms with Gasteiger partial charge in [-0.1, -0.05) is 0 Å². The Balaban J connectivity index is 3.21. The summed E-state index contributed by atoms with van der Waals surface area (Å²) in [5.41, 5.74) is 0. The topological polar surface area (TPSA) is 321 Å². The van der Waals surface area contributed by atoms with E-state index in [2.05, 4.69) is 0 Å². The van der Waals surface area contributed by atoms with Crippen molar-refractivity contribution in [2.24, 2.45) is 0 Å².